The van der Waals surface area contributed by atoms with Gasteiger partial charge in [0.15, 0.2) is 0 Å². The summed E-state index contributed by atoms with van der Waals surface area (Å²) in [7, 11) is 0. The van der Waals surface area contributed by atoms with Crippen LogP contribution in [0.25, 0.3) is 0 Å². The molecule has 7 heteroatoms. The van der Waals surface area contributed by atoms with E-state index >= 15 is 0 Å². The number of benzene rings is 1. The van der Waals surface area contributed by atoms with Crippen molar-refractivity contribution in [2.24, 2.45) is 11.7 Å². The molecular weight excluding hydrogens is 377 g/mol. The molecule has 1 aromatic heterocycles. The molecule has 2 atom stereocenters. The minimum absolute atomic E-state index is 0. The molecule has 3 N–H and O–H groups in total. The predicted octanol–water partition coefficient (Wildman–Crippen LogP) is 3.11. The molecule has 1 amide bonds. The van der Waals surface area contributed by atoms with Crippen LogP contribution in [0.3, 0.4) is 0 Å². The van der Waals surface area contributed by atoms with E-state index in [1.807, 2.05) is 18.2 Å². The van der Waals surface area contributed by atoms with Gasteiger partial charge >= 0.3 is 0 Å². The Morgan fingerprint density at radius 3 is 2.64 bits per heavy atom. The molecule has 0 radical (unpaired) electrons. The number of carbonyl (C=O) groups is 1. The Kier molecular flexibility index (Phi) is 7.72. The maximum absolute atomic E-state index is 12.2. The first-order valence-electron chi connectivity index (χ1n) is 8.14. The molecule has 0 spiro atoms. The zero-order valence-electron chi connectivity index (χ0n) is 13.9. The van der Waals surface area contributed by atoms with Gasteiger partial charge in [-0.1, -0.05) is 41.9 Å². The van der Waals surface area contributed by atoms with E-state index in [4.69, 9.17) is 17.3 Å². The third-order valence-electron chi connectivity index (χ3n) is 4.50. The average Bonchev–Trinajstić information content (AvgIpc) is 3.19. The van der Waals surface area contributed by atoms with Crippen LogP contribution in [0.15, 0.2) is 42.5 Å². The molecule has 1 aliphatic heterocycles. The van der Waals surface area contributed by atoms with Gasteiger partial charge in [-0.3, -0.25) is 9.69 Å². The number of rotatable bonds is 6. The summed E-state index contributed by atoms with van der Waals surface area (Å²) >= 11 is 7.40. The molecule has 1 aromatic carbocycles. The number of carbonyl (C=O) groups excluding carboxylic acids is 1. The van der Waals surface area contributed by atoms with E-state index < -0.39 is 0 Å². The molecule has 3 rings (SSSR count). The summed E-state index contributed by atoms with van der Waals surface area (Å²) in [5, 5.41) is 2.97. The quantitative estimate of drug-likeness (QED) is 0.784. The zero-order valence-corrected chi connectivity index (χ0v) is 16.2. The van der Waals surface area contributed by atoms with Crippen LogP contribution in [0.5, 0.6) is 0 Å². The second-order valence-corrected chi connectivity index (χ2v) is 7.99. The van der Waals surface area contributed by atoms with Crippen molar-refractivity contribution in [3.63, 3.8) is 0 Å². The summed E-state index contributed by atoms with van der Waals surface area (Å²) in [6, 6.07) is 14.2. The van der Waals surface area contributed by atoms with Crippen molar-refractivity contribution in [3.05, 3.63) is 57.2 Å². The van der Waals surface area contributed by atoms with Gasteiger partial charge in [0, 0.05) is 23.9 Å². The Morgan fingerprint density at radius 1 is 1.24 bits per heavy atom. The van der Waals surface area contributed by atoms with Gasteiger partial charge in [-0.05, 0) is 30.2 Å². The Hall–Kier alpha value is -1.11. The second kappa shape index (κ2) is 9.55. The predicted molar refractivity (Wildman–Crippen MR) is 107 cm³/mol. The highest BCUT2D eigenvalue weighted by molar-refractivity contribution is 7.16. The van der Waals surface area contributed by atoms with Crippen molar-refractivity contribution in [1.82, 2.24) is 10.2 Å². The average molecular weight is 400 g/mol. The summed E-state index contributed by atoms with van der Waals surface area (Å²) in [4.78, 5) is 15.5. The van der Waals surface area contributed by atoms with Crippen molar-refractivity contribution in [1.29, 1.82) is 0 Å². The number of nitrogens with zero attached hydrogens (tertiary/aromatic N) is 1. The standard InChI is InChI=1S/C18H22ClN3OS.ClH/c19-17-7-6-15(24-17)9-21-18(23)12-22-10-14(8-20)16(11-22)13-4-2-1-3-5-13;/h1-7,14,16H,8-12,20H2,(H,21,23);1H/t14-,16+;/m1./s1. The third-order valence-corrected chi connectivity index (χ3v) is 5.73. The van der Waals surface area contributed by atoms with Crippen LogP contribution in [0, 0.1) is 5.92 Å². The molecule has 1 aliphatic rings. The van der Waals surface area contributed by atoms with E-state index in [1.54, 1.807) is 0 Å². The molecule has 1 saturated heterocycles. The summed E-state index contributed by atoms with van der Waals surface area (Å²) in [5.74, 6) is 0.848. The molecule has 1 fully saturated rings. The van der Waals surface area contributed by atoms with Gasteiger partial charge in [-0.15, -0.1) is 23.7 Å². The molecule has 2 aromatic rings. The maximum atomic E-state index is 12.2. The number of thiophene rings is 1. The van der Waals surface area contributed by atoms with Gasteiger partial charge in [0.05, 0.1) is 17.4 Å². The summed E-state index contributed by atoms with van der Waals surface area (Å²) in [5.41, 5.74) is 7.26. The van der Waals surface area contributed by atoms with E-state index in [1.165, 1.54) is 16.9 Å². The van der Waals surface area contributed by atoms with Gasteiger partial charge in [0.2, 0.25) is 5.91 Å². The number of nitrogens with one attached hydrogen (secondary N) is 1. The van der Waals surface area contributed by atoms with Gasteiger partial charge in [-0.25, -0.2) is 0 Å². The third kappa shape index (κ3) is 5.43. The SMILES string of the molecule is Cl.NC[C@@H]1CN(CC(=O)NCc2ccc(Cl)s2)C[C@H]1c1ccccc1. The van der Waals surface area contributed by atoms with Crippen LogP contribution >= 0.6 is 35.3 Å². The highest BCUT2D eigenvalue weighted by Gasteiger charge is 2.33. The summed E-state index contributed by atoms with van der Waals surface area (Å²) < 4.78 is 0.746. The largest absolute Gasteiger partial charge is 0.350 e. The first-order chi connectivity index (χ1) is 11.7. The van der Waals surface area contributed by atoms with Crippen molar-refractivity contribution >= 4 is 41.3 Å². The van der Waals surface area contributed by atoms with E-state index in [0.717, 1.165) is 22.3 Å². The molecule has 25 heavy (non-hydrogen) atoms. The molecule has 0 unspecified atom stereocenters. The second-order valence-electron chi connectivity index (χ2n) is 6.19. The summed E-state index contributed by atoms with van der Waals surface area (Å²) in [6.45, 7) is 3.34. The number of hydrogen-bond donors (Lipinski definition) is 2. The van der Waals surface area contributed by atoms with Gasteiger partial charge in [-0.2, -0.15) is 0 Å². The van der Waals surface area contributed by atoms with Crippen molar-refractivity contribution < 1.29 is 4.79 Å². The van der Waals surface area contributed by atoms with Crippen molar-refractivity contribution in [2.45, 2.75) is 12.5 Å². The fourth-order valence-corrected chi connectivity index (χ4v) is 4.33. The summed E-state index contributed by atoms with van der Waals surface area (Å²) in [6.07, 6.45) is 0. The lowest BCUT2D eigenvalue weighted by molar-refractivity contribution is -0.122. The molecule has 2 heterocycles. The van der Waals surface area contributed by atoms with Gasteiger partial charge < -0.3 is 11.1 Å². The monoisotopic (exact) mass is 399 g/mol. The van der Waals surface area contributed by atoms with Gasteiger partial charge in [0.25, 0.3) is 0 Å². The highest BCUT2D eigenvalue weighted by atomic mass is 35.5. The molecule has 0 bridgehead atoms. The Labute approximate surface area is 163 Å². The number of nitrogens with two attached hydrogens (primary N) is 1. The number of amides is 1. The molecule has 136 valence electrons. The Bertz CT molecular complexity index is 680. The molecule has 4 nitrogen and oxygen atoms in total. The number of hydrogen-bond acceptors (Lipinski definition) is 4. The number of likely N-dealkylation sites (tertiary alicyclic amines) is 1. The fraction of sp³-hybridized carbons (Fsp3) is 0.389. The Balaban J connectivity index is 0.00000225. The van der Waals surface area contributed by atoms with Crippen LogP contribution in [0.4, 0.5) is 0 Å². The maximum Gasteiger partial charge on any atom is 0.234 e. The van der Waals surface area contributed by atoms with Crippen LogP contribution < -0.4 is 11.1 Å². The normalized spacial score (nSPS) is 20.2. The number of halogens is 2. The zero-order chi connectivity index (χ0) is 16.9. The van der Waals surface area contributed by atoms with Crippen LogP contribution in [0.2, 0.25) is 4.34 Å². The van der Waals surface area contributed by atoms with E-state index in [2.05, 4.69) is 34.5 Å². The minimum atomic E-state index is 0. The van der Waals surface area contributed by atoms with E-state index in [9.17, 15) is 4.79 Å². The molecular formula is C18H23Cl2N3OS. The topological polar surface area (TPSA) is 58.4 Å². The lowest BCUT2D eigenvalue weighted by Crippen LogP contribution is -2.36. The van der Waals surface area contributed by atoms with Crippen molar-refractivity contribution in [3.8, 4) is 0 Å². The van der Waals surface area contributed by atoms with Crippen LogP contribution in [-0.2, 0) is 11.3 Å². The fourth-order valence-electron chi connectivity index (χ4n) is 3.30. The first-order valence-corrected chi connectivity index (χ1v) is 9.33. The smallest absolute Gasteiger partial charge is 0.234 e. The molecule has 0 aliphatic carbocycles. The van der Waals surface area contributed by atoms with Crippen LogP contribution in [0.1, 0.15) is 16.4 Å². The lowest BCUT2D eigenvalue weighted by Gasteiger charge is -2.16. The van der Waals surface area contributed by atoms with Crippen molar-refractivity contribution in [2.75, 3.05) is 26.2 Å². The van der Waals surface area contributed by atoms with Crippen LogP contribution in [-0.4, -0.2) is 37.0 Å². The molecule has 0 saturated carbocycles. The highest BCUT2D eigenvalue weighted by Crippen LogP contribution is 2.31. The Morgan fingerprint density at radius 2 is 2.00 bits per heavy atom. The minimum Gasteiger partial charge on any atom is -0.350 e. The van der Waals surface area contributed by atoms with E-state index in [0.29, 0.717) is 31.5 Å². The first kappa shape index (κ1) is 20.2. The van der Waals surface area contributed by atoms with E-state index in [-0.39, 0.29) is 18.3 Å². The lowest BCUT2D eigenvalue weighted by atomic mass is 9.89. The van der Waals surface area contributed by atoms with Gasteiger partial charge in [0.1, 0.15) is 0 Å².